The molecule has 0 aliphatic carbocycles. The second-order valence-corrected chi connectivity index (χ2v) is 6.17. The first-order valence-corrected chi connectivity index (χ1v) is 7.86. The van der Waals surface area contributed by atoms with E-state index in [1.807, 2.05) is 7.05 Å². The van der Waals surface area contributed by atoms with Gasteiger partial charge in [-0.25, -0.2) is 4.79 Å². The van der Waals surface area contributed by atoms with E-state index >= 15 is 0 Å². The lowest BCUT2D eigenvalue weighted by molar-refractivity contribution is 0.0523. The van der Waals surface area contributed by atoms with Crippen LogP contribution < -0.4 is 0 Å². The van der Waals surface area contributed by atoms with Crippen molar-refractivity contribution in [2.75, 3.05) is 31.2 Å². The second-order valence-electron chi connectivity index (χ2n) is 4.47. The smallest absolute Gasteiger partial charge is 0.341 e. The minimum absolute atomic E-state index is 0.328. The lowest BCUT2D eigenvalue weighted by Gasteiger charge is -2.26. The van der Waals surface area contributed by atoms with E-state index in [-0.39, 0.29) is 5.97 Å². The van der Waals surface area contributed by atoms with Gasteiger partial charge >= 0.3 is 5.97 Å². The fraction of sp³-hybridized carbons (Fsp3) is 0.667. The van der Waals surface area contributed by atoms with Gasteiger partial charge in [0.1, 0.15) is 5.56 Å². The van der Waals surface area contributed by atoms with Crippen molar-refractivity contribution in [1.29, 1.82) is 0 Å². The van der Waals surface area contributed by atoms with Crippen molar-refractivity contribution in [3.05, 3.63) is 17.5 Å². The summed E-state index contributed by atoms with van der Waals surface area (Å²) in [5, 5.41) is 4.13. The van der Waals surface area contributed by atoms with Crippen LogP contribution in [0.2, 0.25) is 0 Å². The summed E-state index contributed by atoms with van der Waals surface area (Å²) in [7, 11) is 1.13. The fourth-order valence-corrected chi connectivity index (χ4v) is 3.20. The van der Waals surface area contributed by atoms with Gasteiger partial charge in [-0.2, -0.15) is 5.10 Å². The molecule has 0 aromatic carbocycles. The predicted octanol–water partition coefficient (Wildman–Crippen LogP) is 0.161. The van der Waals surface area contributed by atoms with Crippen LogP contribution in [0.1, 0.15) is 23.0 Å². The molecule has 1 aliphatic heterocycles. The summed E-state index contributed by atoms with van der Waals surface area (Å²) in [6.45, 7) is 4.37. The van der Waals surface area contributed by atoms with E-state index in [4.69, 9.17) is 4.74 Å². The van der Waals surface area contributed by atoms with E-state index in [1.165, 1.54) is 0 Å². The predicted molar refractivity (Wildman–Crippen MR) is 72.3 cm³/mol. The highest BCUT2D eigenvalue weighted by Crippen LogP contribution is 2.13. The molecule has 19 heavy (non-hydrogen) atoms. The van der Waals surface area contributed by atoms with Crippen molar-refractivity contribution >= 4 is 16.8 Å². The Morgan fingerprint density at radius 3 is 2.79 bits per heavy atom. The molecule has 0 saturated carbocycles. The van der Waals surface area contributed by atoms with E-state index < -0.39 is 10.8 Å². The number of hydrogen-bond donors (Lipinski definition) is 0. The minimum Gasteiger partial charge on any atom is -0.462 e. The van der Waals surface area contributed by atoms with Crippen LogP contribution in [0.15, 0.2) is 6.20 Å². The summed E-state index contributed by atoms with van der Waals surface area (Å²) in [5.74, 6) is 1.07. The van der Waals surface area contributed by atoms with Crippen LogP contribution in [0.4, 0.5) is 0 Å². The third-order valence-corrected chi connectivity index (χ3v) is 4.48. The van der Waals surface area contributed by atoms with Crippen LogP contribution in [0, 0.1) is 0 Å². The van der Waals surface area contributed by atoms with Gasteiger partial charge in [-0.1, -0.05) is 0 Å². The van der Waals surface area contributed by atoms with Crippen LogP contribution in [0.3, 0.4) is 0 Å². The first-order chi connectivity index (χ1) is 9.11. The molecular formula is C12H19N3O3S. The molecule has 0 radical (unpaired) electrons. The highest BCUT2D eigenvalue weighted by molar-refractivity contribution is 7.85. The van der Waals surface area contributed by atoms with E-state index in [2.05, 4.69) is 10.00 Å². The van der Waals surface area contributed by atoms with Gasteiger partial charge in [0.2, 0.25) is 0 Å². The molecule has 1 aromatic rings. The van der Waals surface area contributed by atoms with Crippen LogP contribution in [-0.2, 0) is 29.1 Å². The monoisotopic (exact) mass is 285 g/mol. The maximum atomic E-state index is 11.8. The zero-order valence-electron chi connectivity index (χ0n) is 11.3. The third kappa shape index (κ3) is 3.42. The molecule has 7 heteroatoms. The lowest BCUT2D eigenvalue weighted by Crippen LogP contribution is -2.38. The van der Waals surface area contributed by atoms with E-state index in [0.717, 1.165) is 18.8 Å². The van der Waals surface area contributed by atoms with Gasteiger partial charge in [-0.15, -0.1) is 0 Å². The summed E-state index contributed by atoms with van der Waals surface area (Å²) in [6, 6.07) is 0. The number of aryl methyl sites for hydroxylation is 1. The lowest BCUT2D eigenvalue weighted by atomic mass is 10.2. The Kier molecular flexibility index (Phi) is 4.71. The summed E-state index contributed by atoms with van der Waals surface area (Å²) in [5.41, 5.74) is 1.38. The number of esters is 1. The second kappa shape index (κ2) is 6.29. The van der Waals surface area contributed by atoms with Gasteiger partial charge in [0.25, 0.3) is 0 Å². The Bertz CT molecular complexity index is 477. The summed E-state index contributed by atoms with van der Waals surface area (Å²) in [6.07, 6.45) is 1.55. The highest BCUT2D eigenvalue weighted by Gasteiger charge is 2.21. The molecule has 0 amide bonds. The summed E-state index contributed by atoms with van der Waals surface area (Å²) < 4.78 is 18.1. The fourth-order valence-electron chi connectivity index (χ4n) is 2.08. The molecule has 1 fully saturated rings. The summed E-state index contributed by atoms with van der Waals surface area (Å²) >= 11 is 0. The molecule has 2 rings (SSSR count). The van der Waals surface area contributed by atoms with E-state index in [1.54, 1.807) is 17.8 Å². The quantitative estimate of drug-likeness (QED) is 0.737. The average molecular weight is 285 g/mol. The standard InChI is InChI=1S/C12H19N3O3S/c1-3-18-12(16)10-8-13-14(2)11(10)9-15-4-6-19(17)7-5-15/h8H,3-7,9H2,1-2H3. The SMILES string of the molecule is CCOC(=O)c1cnn(C)c1CN1CCS(=O)CC1. The summed E-state index contributed by atoms with van der Waals surface area (Å²) in [4.78, 5) is 14.0. The molecule has 6 nitrogen and oxygen atoms in total. The number of rotatable bonds is 4. The Morgan fingerprint density at radius 1 is 1.47 bits per heavy atom. The molecule has 0 bridgehead atoms. The minimum atomic E-state index is -0.688. The molecule has 1 aromatic heterocycles. The van der Waals surface area contributed by atoms with Gasteiger partial charge in [0.05, 0.1) is 18.5 Å². The molecular weight excluding hydrogens is 266 g/mol. The zero-order chi connectivity index (χ0) is 13.8. The van der Waals surface area contributed by atoms with Crippen LogP contribution in [0.5, 0.6) is 0 Å². The Balaban J connectivity index is 2.09. The van der Waals surface area contributed by atoms with E-state index in [9.17, 15) is 9.00 Å². The van der Waals surface area contributed by atoms with E-state index in [0.29, 0.717) is 30.2 Å². The third-order valence-electron chi connectivity index (χ3n) is 3.20. The van der Waals surface area contributed by atoms with Crippen molar-refractivity contribution in [2.24, 2.45) is 7.05 Å². The van der Waals surface area contributed by atoms with Crippen molar-refractivity contribution < 1.29 is 13.7 Å². The molecule has 1 aliphatic rings. The number of carbonyl (C=O) groups is 1. The Morgan fingerprint density at radius 2 is 2.16 bits per heavy atom. The highest BCUT2D eigenvalue weighted by atomic mass is 32.2. The van der Waals surface area contributed by atoms with Gasteiger partial charge < -0.3 is 4.74 Å². The number of aromatic nitrogens is 2. The maximum Gasteiger partial charge on any atom is 0.341 e. The van der Waals surface area contributed by atoms with Gasteiger partial charge in [-0.05, 0) is 6.92 Å². The number of nitrogens with zero attached hydrogens (tertiary/aromatic N) is 3. The van der Waals surface area contributed by atoms with Crippen molar-refractivity contribution in [1.82, 2.24) is 14.7 Å². The molecule has 0 N–H and O–H groups in total. The van der Waals surface area contributed by atoms with Gasteiger partial charge in [0, 0.05) is 49.0 Å². The molecule has 0 unspecified atom stereocenters. The van der Waals surface area contributed by atoms with Gasteiger partial charge in [0.15, 0.2) is 0 Å². The zero-order valence-corrected chi connectivity index (χ0v) is 12.1. The van der Waals surface area contributed by atoms with Crippen LogP contribution >= 0.6 is 0 Å². The maximum absolute atomic E-state index is 11.8. The van der Waals surface area contributed by atoms with Crippen LogP contribution in [0.25, 0.3) is 0 Å². The van der Waals surface area contributed by atoms with Crippen LogP contribution in [-0.4, -0.2) is 56.1 Å². The first kappa shape index (κ1) is 14.2. The normalized spacial score (nSPS) is 17.6. The molecule has 0 atom stereocenters. The number of carbonyl (C=O) groups excluding carboxylic acids is 1. The van der Waals surface area contributed by atoms with Crippen molar-refractivity contribution in [2.45, 2.75) is 13.5 Å². The Hall–Kier alpha value is -1.21. The topological polar surface area (TPSA) is 64.4 Å². The largest absolute Gasteiger partial charge is 0.462 e. The molecule has 0 spiro atoms. The van der Waals surface area contributed by atoms with Crippen molar-refractivity contribution in [3.8, 4) is 0 Å². The van der Waals surface area contributed by atoms with Crippen molar-refractivity contribution in [3.63, 3.8) is 0 Å². The number of ether oxygens (including phenoxy) is 1. The molecule has 106 valence electrons. The Labute approximate surface area is 115 Å². The number of hydrogen-bond acceptors (Lipinski definition) is 5. The average Bonchev–Trinajstić information content (AvgIpc) is 2.74. The molecule has 2 heterocycles. The molecule has 1 saturated heterocycles. The first-order valence-electron chi connectivity index (χ1n) is 6.37. The van der Waals surface area contributed by atoms with Gasteiger partial charge in [-0.3, -0.25) is 13.8 Å².